The summed E-state index contributed by atoms with van der Waals surface area (Å²) < 4.78 is 0. The Hall–Kier alpha value is -3.41. The number of hydrogen-bond donors (Lipinski definition) is 0. The van der Waals surface area contributed by atoms with E-state index in [1.165, 1.54) is 22.3 Å². The van der Waals surface area contributed by atoms with Gasteiger partial charge in [-0.05, 0) is 61.1 Å². The highest BCUT2D eigenvalue weighted by Gasteiger charge is 2.39. The molecule has 0 fully saturated rings. The second-order valence-electron chi connectivity index (χ2n) is 8.90. The first-order chi connectivity index (χ1) is 15.5. The van der Waals surface area contributed by atoms with Crippen LogP contribution in [-0.2, 0) is 5.41 Å². The van der Waals surface area contributed by atoms with E-state index in [-0.39, 0.29) is 5.41 Å². The fourth-order valence-electron chi connectivity index (χ4n) is 4.40. The molecule has 4 rings (SSSR count). The second-order valence-corrected chi connectivity index (χ2v) is 8.90. The van der Waals surface area contributed by atoms with Crippen molar-refractivity contribution in [1.82, 2.24) is 0 Å². The number of nitrogens with zero attached hydrogens (tertiary/aromatic N) is 1. The van der Waals surface area contributed by atoms with Crippen LogP contribution in [0.5, 0.6) is 0 Å². The van der Waals surface area contributed by atoms with Crippen LogP contribution in [0.25, 0.3) is 5.57 Å². The number of allylic oxidation sites excluding steroid dienone is 9. The predicted octanol–water partition coefficient (Wildman–Crippen LogP) is 8.44. The van der Waals surface area contributed by atoms with Crippen molar-refractivity contribution >= 4 is 17.0 Å². The van der Waals surface area contributed by atoms with Gasteiger partial charge in [-0.2, -0.15) is 0 Å². The summed E-state index contributed by atoms with van der Waals surface area (Å²) in [6, 6.07) is 17.3. The summed E-state index contributed by atoms with van der Waals surface area (Å²) in [5, 5.41) is 0. The first-order valence-electron chi connectivity index (χ1n) is 11.4. The Morgan fingerprint density at radius 1 is 1.03 bits per heavy atom. The predicted molar refractivity (Wildman–Crippen MR) is 139 cm³/mol. The zero-order valence-electron chi connectivity index (χ0n) is 19.5. The third kappa shape index (κ3) is 4.44. The van der Waals surface area contributed by atoms with Crippen LogP contribution >= 0.6 is 0 Å². The molecule has 0 spiro atoms. The van der Waals surface area contributed by atoms with Crippen molar-refractivity contribution in [3.8, 4) is 0 Å². The summed E-state index contributed by atoms with van der Waals surface area (Å²) in [6.45, 7) is 8.67. The molecule has 2 aliphatic carbocycles. The van der Waals surface area contributed by atoms with Crippen LogP contribution in [-0.4, -0.2) is 5.71 Å². The van der Waals surface area contributed by atoms with Gasteiger partial charge in [0.05, 0.1) is 11.4 Å². The van der Waals surface area contributed by atoms with Crippen LogP contribution in [0.15, 0.2) is 113 Å². The van der Waals surface area contributed by atoms with E-state index in [1.807, 2.05) is 19.1 Å². The van der Waals surface area contributed by atoms with Crippen LogP contribution in [0, 0.1) is 0 Å². The fourth-order valence-corrected chi connectivity index (χ4v) is 4.40. The Kier molecular flexibility index (Phi) is 6.40. The summed E-state index contributed by atoms with van der Waals surface area (Å²) in [6.07, 6.45) is 17.0. The molecular weight excluding hydrogens is 386 g/mol. The van der Waals surface area contributed by atoms with Gasteiger partial charge in [0, 0.05) is 16.6 Å². The molecule has 1 heteroatoms. The number of hydrogen-bond acceptors (Lipinski definition) is 1. The molecule has 0 atom stereocenters. The van der Waals surface area contributed by atoms with Crippen molar-refractivity contribution in [3.05, 3.63) is 125 Å². The molecule has 0 radical (unpaired) electrons. The third-order valence-corrected chi connectivity index (χ3v) is 6.18. The van der Waals surface area contributed by atoms with Gasteiger partial charge in [-0.25, -0.2) is 4.99 Å². The lowest BCUT2D eigenvalue weighted by molar-refractivity contribution is 0.663. The largest absolute Gasteiger partial charge is 0.247 e. The van der Waals surface area contributed by atoms with Gasteiger partial charge in [0.25, 0.3) is 0 Å². The van der Waals surface area contributed by atoms with E-state index in [2.05, 4.69) is 105 Å². The molecule has 1 nitrogen and oxygen atoms in total. The van der Waals surface area contributed by atoms with Crippen molar-refractivity contribution < 1.29 is 0 Å². The topological polar surface area (TPSA) is 12.4 Å². The zero-order valence-corrected chi connectivity index (χ0v) is 19.5. The smallest absolute Gasteiger partial charge is 0.0830 e. The quantitative estimate of drug-likeness (QED) is 0.349. The SMILES string of the molecule is C/C=C\C=C/C(C)=C=C1C(=Nc2ccc(C3=CC=CCC3)cc2)c2ccccc2C1(C)C. The fraction of sp³-hybridized carbons (Fsp3) is 0.226. The van der Waals surface area contributed by atoms with E-state index >= 15 is 0 Å². The summed E-state index contributed by atoms with van der Waals surface area (Å²) in [4.78, 5) is 5.14. The van der Waals surface area contributed by atoms with Crippen molar-refractivity contribution in [2.24, 2.45) is 4.99 Å². The Morgan fingerprint density at radius 3 is 2.53 bits per heavy atom. The first-order valence-corrected chi connectivity index (χ1v) is 11.4. The van der Waals surface area contributed by atoms with E-state index < -0.39 is 0 Å². The maximum Gasteiger partial charge on any atom is 0.0830 e. The number of fused-ring (bicyclic) bond motifs is 1. The Labute approximate surface area is 192 Å². The molecule has 2 aromatic rings. The average Bonchev–Trinajstić information content (AvgIpc) is 3.02. The van der Waals surface area contributed by atoms with E-state index in [9.17, 15) is 0 Å². The lowest BCUT2D eigenvalue weighted by Gasteiger charge is -2.19. The molecule has 0 aliphatic heterocycles. The highest BCUT2D eigenvalue weighted by molar-refractivity contribution is 6.19. The maximum atomic E-state index is 5.14. The molecule has 0 saturated heterocycles. The first kappa shape index (κ1) is 21.8. The Balaban J connectivity index is 1.80. The summed E-state index contributed by atoms with van der Waals surface area (Å²) in [7, 11) is 0. The Morgan fingerprint density at radius 2 is 1.81 bits per heavy atom. The third-order valence-electron chi connectivity index (χ3n) is 6.18. The summed E-state index contributed by atoms with van der Waals surface area (Å²) in [5.41, 5.74) is 13.0. The molecule has 0 heterocycles. The molecular formula is C31H31N. The lowest BCUT2D eigenvalue weighted by Crippen LogP contribution is -2.16. The van der Waals surface area contributed by atoms with Crippen LogP contribution in [0.3, 0.4) is 0 Å². The molecule has 0 unspecified atom stereocenters. The summed E-state index contributed by atoms with van der Waals surface area (Å²) in [5.74, 6) is 0. The maximum absolute atomic E-state index is 5.14. The van der Waals surface area contributed by atoms with Gasteiger partial charge in [-0.15, -0.1) is 5.73 Å². The van der Waals surface area contributed by atoms with Gasteiger partial charge in [0.2, 0.25) is 0 Å². The van der Waals surface area contributed by atoms with E-state index in [0.29, 0.717) is 0 Å². The van der Waals surface area contributed by atoms with Crippen LogP contribution in [0.2, 0.25) is 0 Å². The van der Waals surface area contributed by atoms with Crippen LogP contribution < -0.4 is 0 Å². The molecule has 2 aromatic carbocycles. The number of rotatable bonds is 4. The molecule has 0 amide bonds. The van der Waals surface area contributed by atoms with Crippen molar-refractivity contribution in [1.29, 1.82) is 0 Å². The highest BCUT2D eigenvalue weighted by atomic mass is 14.8. The van der Waals surface area contributed by atoms with Gasteiger partial charge >= 0.3 is 0 Å². The minimum absolute atomic E-state index is 0.149. The Bertz CT molecular complexity index is 1220. The van der Waals surface area contributed by atoms with Gasteiger partial charge in [0.1, 0.15) is 0 Å². The molecule has 160 valence electrons. The molecule has 0 N–H and O–H groups in total. The van der Waals surface area contributed by atoms with Crippen LogP contribution in [0.1, 0.15) is 57.2 Å². The van der Waals surface area contributed by atoms with Gasteiger partial charge in [-0.1, -0.05) is 92.8 Å². The zero-order chi connectivity index (χ0) is 22.6. The highest BCUT2D eigenvalue weighted by Crippen LogP contribution is 2.43. The molecule has 0 saturated carbocycles. The van der Waals surface area contributed by atoms with Gasteiger partial charge in [0.15, 0.2) is 0 Å². The number of aliphatic imine (C=N–C) groups is 1. The van der Waals surface area contributed by atoms with E-state index in [1.54, 1.807) is 0 Å². The monoisotopic (exact) mass is 417 g/mol. The standard InChI is InChI=1S/C31H31N/c1-5-6-8-13-23(2)22-29-30(27-16-11-12-17-28(27)31(29,3)4)32-26-20-18-25(19-21-26)24-14-9-7-10-15-24/h5-9,11-14,16-21H,10,15H2,1-4H3/b6-5-,13-8-,32-30?. The van der Waals surface area contributed by atoms with Gasteiger partial charge < -0.3 is 0 Å². The van der Waals surface area contributed by atoms with Gasteiger partial charge in [-0.3, -0.25) is 0 Å². The molecule has 32 heavy (non-hydrogen) atoms. The minimum Gasteiger partial charge on any atom is -0.247 e. The normalized spacial score (nSPS) is 18.3. The molecule has 0 bridgehead atoms. The van der Waals surface area contributed by atoms with E-state index in [0.717, 1.165) is 35.4 Å². The van der Waals surface area contributed by atoms with Crippen molar-refractivity contribution in [2.45, 2.75) is 46.0 Å². The van der Waals surface area contributed by atoms with E-state index in [4.69, 9.17) is 4.99 Å². The molecule has 0 aromatic heterocycles. The van der Waals surface area contributed by atoms with Crippen molar-refractivity contribution in [3.63, 3.8) is 0 Å². The lowest BCUT2D eigenvalue weighted by atomic mass is 9.82. The number of benzene rings is 2. The van der Waals surface area contributed by atoms with Crippen molar-refractivity contribution in [2.75, 3.05) is 0 Å². The minimum atomic E-state index is -0.149. The molecule has 2 aliphatic rings. The second kappa shape index (κ2) is 9.39. The average molecular weight is 418 g/mol. The van der Waals surface area contributed by atoms with Crippen LogP contribution in [0.4, 0.5) is 5.69 Å². The summed E-state index contributed by atoms with van der Waals surface area (Å²) >= 11 is 0.